The molecule has 0 saturated heterocycles. The summed E-state index contributed by atoms with van der Waals surface area (Å²) < 4.78 is 5.00. The van der Waals surface area contributed by atoms with E-state index >= 15 is 0 Å². The highest BCUT2D eigenvalue weighted by atomic mass is 32.1. The number of thiophene rings is 2. The Hall–Kier alpha value is -7.24. The van der Waals surface area contributed by atoms with Crippen molar-refractivity contribution in [2.75, 3.05) is 0 Å². The molecule has 4 heteroatoms. The number of nitrogens with zero attached hydrogens (tertiary/aromatic N) is 2. The minimum absolute atomic E-state index is 0.693. The van der Waals surface area contributed by atoms with Gasteiger partial charge in [0, 0.05) is 62.6 Å². The van der Waals surface area contributed by atoms with Gasteiger partial charge in [-0.05, 0) is 62.9 Å². The highest BCUT2D eigenvalue weighted by Gasteiger charge is 2.24. The third-order valence-corrected chi connectivity index (χ3v) is 14.2. The fraction of sp³-hybridized carbons (Fsp3) is 0. The lowest BCUT2D eigenvalue weighted by Gasteiger charge is -2.21. The highest BCUT2D eigenvalue weighted by Crippen LogP contribution is 2.48. The van der Waals surface area contributed by atoms with Gasteiger partial charge in [0.1, 0.15) is 0 Å². The van der Waals surface area contributed by atoms with Crippen molar-refractivity contribution in [3.63, 3.8) is 0 Å². The third-order valence-electron chi connectivity index (χ3n) is 11.7. The monoisotopic (exact) mass is 798 g/mol. The van der Waals surface area contributed by atoms with Gasteiger partial charge in [-0.25, -0.2) is 9.97 Å². The largest absolute Gasteiger partial charge is 0.228 e. The van der Waals surface area contributed by atoms with E-state index in [0.29, 0.717) is 5.82 Å². The first-order valence-electron chi connectivity index (χ1n) is 20.2. The number of hydrogen-bond acceptors (Lipinski definition) is 4. The van der Waals surface area contributed by atoms with Crippen molar-refractivity contribution < 1.29 is 0 Å². The summed E-state index contributed by atoms with van der Waals surface area (Å²) in [5, 5.41) is 7.41. The lowest BCUT2D eigenvalue weighted by atomic mass is 9.83. The Balaban J connectivity index is 1.22. The molecule has 0 N–H and O–H groups in total. The Kier molecular flexibility index (Phi) is 8.25. The van der Waals surface area contributed by atoms with Crippen molar-refractivity contribution in [1.82, 2.24) is 9.97 Å². The van der Waals surface area contributed by atoms with Crippen LogP contribution in [0.3, 0.4) is 0 Å². The molecule has 0 radical (unpaired) electrons. The zero-order valence-electron chi connectivity index (χ0n) is 32.3. The Morgan fingerprint density at radius 1 is 0.300 bits per heavy atom. The van der Waals surface area contributed by atoms with Gasteiger partial charge in [0.15, 0.2) is 5.82 Å². The molecular formula is C56H34N2S2. The smallest absolute Gasteiger partial charge is 0.161 e. The first kappa shape index (κ1) is 34.8. The predicted octanol–water partition coefficient (Wildman–Crippen LogP) is 16.4. The minimum atomic E-state index is 0.693. The molecule has 3 heterocycles. The SMILES string of the molecule is c1ccc(-c2ccc(-c3nc(-c4cccc5c4sc4ccccc45)cc(-c4cccc5c4sc4ccccc45)n3)c(-c3cccc4ccccc34)c2-c2ccccc2)cc1. The molecule has 3 aromatic heterocycles. The fourth-order valence-electron chi connectivity index (χ4n) is 9.02. The van der Waals surface area contributed by atoms with Gasteiger partial charge in [0.05, 0.1) is 11.4 Å². The number of rotatable bonds is 6. The third kappa shape index (κ3) is 5.68. The summed E-state index contributed by atoms with van der Waals surface area (Å²) in [6.07, 6.45) is 0. The molecule has 0 fully saturated rings. The Labute approximate surface area is 355 Å². The maximum atomic E-state index is 5.64. The molecule has 0 aliphatic carbocycles. The minimum Gasteiger partial charge on any atom is -0.228 e. The lowest BCUT2D eigenvalue weighted by molar-refractivity contribution is 1.19. The topological polar surface area (TPSA) is 25.8 Å². The van der Waals surface area contributed by atoms with Crippen LogP contribution in [0.15, 0.2) is 206 Å². The van der Waals surface area contributed by atoms with E-state index < -0.39 is 0 Å². The van der Waals surface area contributed by atoms with Gasteiger partial charge in [-0.3, -0.25) is 0 Å². The van der Waals surface area contributed by atoms with Crippen LogP contribution in [0.1, 0.15) is 0 Å². The molecule has 9 aromatic carbocycles. The summed E-state index contributed by atoms with van der Waals surface area (Å²) in [5.74, 6) is 0.693. The molecule has 2 nitrogen and oxygen atoms in total. The van der Waals surface area contributed by atoms with Crippen LogP contribution < -0.4 is 0 Å². The van der Waals surface area contributed by atoms with Crippen molar-refractivity contribution in [2.24, 2.45) is 0 Å². The van der Waals surface area contributed by atoms with Gasteiger partial charge in [-0.15, -0.1) is 22.7 Å². The summed E-state index contributed by atoms with van der Waals surface area (Å²) >= 11 is 3.67. The Morgan fingerprint density at radius 2 is 0.767 bits per heavy atom. The second kappa shape index (κ2) is 14.2. The summed E-state index contributed by atoms with van der Waals surface area (Å²) in [7, 11) is 0. The fourth-order valence-corrected chi connectivity index (χ4v) is 11.5. The van der Waals surface area contributed by atoms with Gasteiger partial charge in [-0.2, -0.15) is 0 Å². The molecule has 60 heavy (non-hydrogen) atoms. The molecule has 0 aliphatic heterocycles. The van der Waals surface area contributed by atoms with E-state index in [-0.39, 0.29) is 0 Å². The van der Waals surface area contributed by atoms with Crippen molar-refractivity contribution in [3.8, 4) is 67.3 Å². The molecule has 0 bridgehead atoms. The van der Waals surface area contributed by atoms with Crippen molar-refractivity contribution >= 4 is 73.8 Å². The van der Waals surface area contributed by atoms with Crippen LogP contribution in [0, 0.1) is 0 Å². The van der Waals surface area contributed by atoms with Crippen LogP contribution in [0.2, 0.25) is 0 Å². The zero-order valence-corrected chi connectivity index (χ0v) is 34.0. The summed E-state index contributed by atoms with van der Waals surface area (Å²) in [4.78, 5) is 11.3. The van der Waals surface area contributed by atoms with Crippen molar-refractivity contribution in [3.05, 3.63) is 206 Å². The standard InChI is InChI=1S/C56H34N2S2/c1-3-16-36(17-4-1)39-32-33-47(53(52(39)37-19-5-2-6-20-37)42-25-13-21-35-18-7-8-22-38(35)42)56-57-48(45-28-14-26-43-40-23-9-11-30-50(40)59-54(43)45)34-49(58-56)46-29-15-27-44-41-24-10-12-31-51(41)60-55(44)46/h1-34H. The molecule has 0 spiro atoms. The molecular weight excluding hydrogens is 765 g/mol. The van der Waals surface area contributed by atoms with Crippen LogP contribution in [0.25, 0.3) is 118 Å². The number of fused-ring (bicyclic) bond motifs is 7. The van der Waals surface area contributed by atoms with Crippen LogP contribution in [-0.2, 0) is 0 Å². The average molecular weight is 799 g/mol. The van der Waals surface area contributed by atoms with Gasteiger partial charge in [0.25, 0.3) is 0 Å². The van der Waals surface area contributed by atoms with E-state index in [9.17, 15) is 0 Å². The molecule has 0 unspecified atom stereocenters. The van der Waals surface area contributed by atoms with Gasteiger partial charge in [-0.1, -0.05) is 182 Å². The van der Waals surface area contributed by atoms with E-state index in [2.05, 4.69) is 206 Å². The van der Waals surface area contributed by atoms with Crippen molar-refractivity contribution in [2.45, 2.75) is 0 Å². The lowest BCUT2D eigenvalue weighted by Crippen LogP contribution is -2.00. The van der Waals surface area contributed by atoms with Crippen LogP contribution in [0.5, 0.6) is 0 Å². The highest BCUT2D eigenvalue weighted by molar-refractivity contribution is 7.26. The predicted molar refractivity (Wildman–Crippen MR) is 258 cm³/mol. The van der Waals surface area contributed by atoms with Gasteiger partial charge < -0.3 is 0 Å². The normalized spacial score (nSPS) is 11.7. The van der Waals surface area contributed by atoms with E-state index in [1.807, 2.05) is 22.7 Å². The zero-order chi connectivity index (χ0) is 39.6. The molecule has 0 aliphatic rings. The maximum Gasteiger partial charge on any atom is 0.161 e. The van der Waals surface area contributed by atoms with Crippen LogP contribution in [0.4, 0.5) is 0 Å². The quantitative estimate of drug-likeness (QED) is 0.167. The molecule has 12 aromatic rings. The van der Waals surface area contributed by atoms with Gasteiger partial charge >= 0.3 is 0 Å². The van der Waals surface area contributed by atoms with E-state index in [1.54, 1.807) is 0 Å². The number of hydrogen-bond donors (Lipinski definition) is 0. The second-order valence-corrected chi connectivity index (χ2v) is 17.3. The molecule has 0 saturated carbocycles. The second-order valence-electron chi connectivity index (χ2n) is 15.2. The Morgan fingerprint density at radius 3 is 1.40 bits per heavy atom. The Bertz CT molecular complexity index is 3460. The molecule has 280 valence electrons. The van der Waals surface area contributed by atoms with Crippen molar-refractivity contribution in [1.29, 1.82) is 0 Å². The first-order valence-corrected chi connectivity index (χ1v) is 21.9. The van der Waals surface area contributed by atoms with Crippen LogP contribution >= 0.6 is 22.7 Å². The van der Waals surface area contributed by atoms with E-state index in [1.165, 1.54) is 51.1 Å². The average Bonchev–Trinajstić information content (AvgIpc) is 3.90. The number of benzene rings is 9. The summed E-state index contributed by atoms with van der Waals surface area (Å²) in [5.41, 5.74) is 11.9. The number of aromatic nitrogens is 2. The van der Waals surface area contributed by atoms with Crippen LogP contribution in [-0.4, -0.2) is 9.97 Å². The van der Waals surface area contributed by atoms with Gasteiger partial charge in [0.2, 0.25) is 0 Å². The van der Waals surface area contributed by atoms with E-state index in [0.717, 1.165) is 61.5 Å². The summed E-state index contributed by atoms with van der Waals surface area (Å²) in [6, 6.07) is 74.4. The first-order chi connectivity index (χ1) is 29.8. The molecule has 12 rings (SSSR count). The molecule has 0 atom stereocenters. The maximum absolute atomic E-state index is 5.64. The van der Waals surface area contributed by atoms with E-state index in [4.69, 9.17) is 9.97 Å². The molecule has 0 amide bonds. The summed E-state index contributed by atoms with van der Waals surface area (Å²) in [6.45, 7) is 0.